The van der Waals surface area contributed by atoms with Crippen LogP contribution < -0.4 is 5.32 Å². The fourth-order valence-corrected chi connectivity index (χ4v) is 7.04. The van der Waals surface area contributed by atoms with E-state index in [0.717, 1.165) is 39.0 Å². The van der Waals surface area contributed by atoms with Crippen molar-refractivity contribution in [1.82, 2.24) is 10.3 Å². The van der Waals surface area contributed by atoms with Crippen molar-refractivity contribution in [2.75, 3.05) is 13.2 Å². The second-order valence-electron chi connectivity index (χ2n) is 9.10. The minimum absolute atomic E-state index is 0.115. The lowest BCUT2D eigenvalue weighted by Gasteiger charge is -2.46. The molecule has 0 aromatic carbocycles. The maximum absolute atomic E-state index is 6.37. The van der Waals surface area contributed by atoms with E-state index in [1.165, 1.54) is 55.5 Å². The van der Waals surface area contributed by atoms with Crippen molar-refractivity contribution >= 4 is 11.3 Å². The Morgan fingerprint density at radius 3 is 2.86 bits per heavy atom. The van der Waals surface area contributed by atoms with Crippen LogP contribution in [-0.2, 0) is 29.5 Å². The van der Waals surface area contributed by atoms with E-state index in [1.807, 2.05) is 23.6 Å². The van der Waals surface area contributed by atoms with E-state index < -0.39 is 0 Å². The fourth-order valence-electron chi connectivity index (χ4n) is 5.81. The van der Waals surface area contributed by atoms with Crippen molar-refractivity contribution in [3.05, 3.63) is 51.5 Å². The number of hydrogen-bond acceptors (Lipinski definition) is 4. The summed E-state index contributed by atoms with van der Waals surface area (Å²) in [6, 6.07) is 8.88. The molecule has 3 heterocycles. The van der Waals surface area contributed by atoms with Crippen LogP contribution in [0.25, 0.3) is 0 Å². The zero-order chi connectivity index (χ0) is 18.9. The Morgan fingerprint density at radius 1 is 1.11 bits per heavy atom. The molecular formula is C24H32N2OS. The van der Waals surface area contributed by atoms with Gasteiger partial charge in [0.2, 0.25) is 0 Å². The van der Waals surface area contributed by atoms with E-state index in [-0.39, 0.29) is 11.0 Å². The quantitative estimate of drug-likeness (QED) is 0.684. The van der Waals surface area contributed by atoms with Crippen LogP contribution in [-0.4, -0.2) is 23.7 Å². The normalized spacial score (nSPS) is 26.0. The maximum Gasteiger partial charge on any atom is 0.0691 e. The molecule has 0 bridgehead atoms. The molecule has 1 saturated carbocycles. The van der Waals surface area contributed by atoms with Crippen molar-refractivity contribution in [1.29, 1.82) is 0 Å². The van der Waals surface area contributed by atoms with Gasteiger partial charge in [0, 0.05) is 40.2 Å². The van der Waals surface area contributed by atoms with Crippen LogP contribution in [0.15, 0.2) is 30.5 Å². The van der Waals surface area contributed by atoms with Crippen LogP contribution in [0.4, 0.5) is 0 Å². The standard InChI is InChI=1S/C24H32N2OS/c1-4-13-26-22(8-1)23(12-15-27-24(18-23)9-2-3-10-24)11-14-25-17-20-16-19-6-5-7-21(19)28-20/h1,4,8,13,16,25H,2-3,5-7,9-12,14-15,17-18H2/t23-/m1/s1. The zero-order valence-corrected chi connectivity index (χ0v) is 17.7. The van der Waals surface area contributed by atoms with E-state index >= 15 is 0 Å². The summed E-state index contributed by atoms with van der Waals surface area (Å²) < 4.78 is 6.37. The summed E-state index contributed by atoms with van der Waals surface area (Å²) in [5.41, 5.74) is 3.17. The van der Waals surface area contributed by atoms with Gasteiger partial charge in [-0.15, -0.1) is 11.3 Å². The molecule has 1 saturated heterocycles. The van der Waals surface area contributed by atoms with Crippen LogP contribution in [0.5, 0.6) is 0 Å². The first kappa shape index (κ1) is 18.8. The molecule has 2 aliphatic carbocycles. The number of aryl methyl sites for hydroxylation is 2. The largest absolute Gasteiger partial charge is 0.375 e. The molecule has 0 unspecified atom stereocenters. The Kier molecular flexibility index (Phi) is 5.29. The summed E-state index contributed by atoms with van der Waals surface area (Å²) in [6.45, 7) is 2.95. The van der Waals surface area contributed by atoms with Gasteiger partial charge >= 0.3 is 0 Å². The molecule has 1 N–H and O–H groups in total. The number of pyridine rings is 1. The van der Waals surface area contributed by atoms with Gasteiger partial charge in [-0.3, -0.25) is 4.98 Å². The van der Waals surface area contributed by atoms with E-state index in [4.69, 9.17) is 9.72 Å². The van der Waals surface area contributed by atoms with Gasteiger partial charge in [-0.2, -0.15) is 0 Å². The van der Waals surface area contributed by atoms with Crippen molar-refractivity contribution in [2.45, 2.75) is 81.8 Å². The maximum atomic E-state index is 6.37. The Bertz CT molecular complexity index is 775. The van der Waals surface area contributed by atoms with E-state index in [1.54, 1.807) is 10.4 Å². The molecule has 5 rings (SSSR count). The Balaban J connectivity index is 1.27. The van der Waals surface area contributed by atoms with Gasteiger partial charge in [0.05, 0.1) is 5.60 Å². The molecule has 2 fully saturated rings. The summed E-state index contributed by atoms with van der Waals surface area (Å²) >= 11 is 2.02. The number of rotatable bonds is 6. The lowest BCUT2D eigenvalue weighted by molar-refractivity contribution is -0.104. The third-order valence-electron chi connectivity index (χ3n) is 7.25. The highest BCUT2D eigenvalue weighted by Gasteiger charge is 2.48. The first-order valence-electron chi connectivity index (χ1n) is 11.1. The van der Waals surface area contributed by atoms with Crippen molar-refractivity contribution in [3.8, 4) is 0 Å². The Hall–Kier alpha value is -1.23. The van der Waals surface area contributed by atoms with Gasteiger partial charge in [0.1, 0.15) is 0 Å². The molecule has 2 aromatic heterocycles. The van der Waals surface area contributed by atoms with E-state index in [9.17, 15) is 0 Å². The third kappa shape index (κ3) is 3.67. The molecule has 1 spiro atoms. The molecule has 28 heavy (non-hydrogen) atoms. The monoisotopic (exact) mass is 396 g/mol. The highest BCUT2D eigenvalue weighted by molar-refractivity contribution is 7.12. The average Bonchev–Trinajstić information content (AvgIpc) is 3.43. The number of thiophene rings is 1. The highest BCUT2D eigenvalue weighted by atomic mass is 32.1. The second kappa shape index (κ2) is 7.89. The molecule has 150 valence electrons. The van der Waals surface area contributed by atoms with E-state index in [2.05, 4.69) is 23.5 Å². The minimum Gasteiger partial charge on any atom is -0.375 e. The third-order valence-corrected chi connectivity index (χ3v) is 8.49. The zero-order valence-electron chi connectivity index (χ0n) is 16.8. The lowest BCUT2D eigenvalue weighted by atomic mass is 9.68. The predicted molar refractivity (Wildman–Crippen MR) is 115 cm³/mol. The summed E-state index contributed by atoms with van der Waals surface area (Å²) in [6.07, 6.45) is 14.4. The van der Waals surface area contributed by atoms with Crippen LogP contribution in [0.2, 0.25) is 0 Å². The van der Waals surface area contributed by atoms with Gasteiger partial charge in [-0.05, 0) is 81.7 Å². The second-order valence-corrected chi connectivity index (χ2v) is 10.3. The molecule has 1 atom stereocenters. The Morgan fingerprint density at radius 2 is 2.04 bits per heavy atom. The van der Waals surface area contributed by atoms with Gasteiger partial charge in [-0.25, -0.2) is 0 Å². The number of ether oxygens (including phenoxy) is 1. The number of nitrogens with zero attached hydrogens (tertiary/aromatic N) is 1. The molecule has 0 radical (unpaired) electrons. The summed E-state index contributed by atoms with van der Waals surface area (Å²) in [7, 11) is 0. The first-order valence-corrected chi connectivity index (χ1v) is 12.0. The molecule has 1 aliphatic heterocycles. The van der Waals surface area contributed by atoms with Crippen molar-refractivity contribution < 1.29 is 4.74 Å². The van der Waals surface area contributed by atoms with Gasteiger partial charge in [0.25, 0.3) is 0 Å². The SMILES string of the molecule is c1ccc([C@]2(CCNCc3cc4c(s3)CCC4)CCOC3(CCCC3)C2)nc1. The molecule has 0 amide bonds. The fraction of sp³-hybridized carbons (Fsp3) is 0.625. The van der Waals surface area contributed by atoms with Gasteiger partial charge in [0.15, 0.2) is 0 Å². The molecule has 4 heteroatoms. The summed E-state index contributed by atoms with van der Waals surface area (Å²) in [5.74, 6) is 0. The number of fused-ring (bicyclic) bond motifs is 1. The summed E-state index contributed by atoms with van der Waals surface area (Å²) in [5, 5.41) is 3.75. The first-order chi connectivity index (χ1) is 13.8. The minimum atomic E-state index is 0.115. The molecular weight excluding hydrogens is 364 g/mol. The molecule has 3 aliphatic rings. The smallest absolute Gasteiger partial charge is 0.0691 e. The number of aromatic nitrogens is 1. The van der Waals surface area contributed by atoms with Crippen molar-refractivity contribution in [3.63, 3.8) is 0 Å². The number of hydrogen-bond donors (Lipinski definition) is 1. The van der Waals surface area contributed by atoms with Gasteiger partial charge < -0.3 is 10.1 Å². The van der Waals surface area contributed by atoms with Crippen LogP contribution in [0.1, 0.15) is 72.4 Å². The summed E-state index contributed by atoms with van der Waals surface area (Å²) in [4.78, 5) is 7.96. The number of nitrogens with one attached hydrogen (secondary N) is 1. The lowest BCUT2D eigenvalue weighted by Crippen LogP contribution is -2.47. The van der Waals surface area contributed by atoms with Crippen LogP contribution in [0, 0.1) is 0 Å². The Labute approximate surface area is 172 Å². The van der Waals surface area contributed by atoms with Crippen LogP contribution >= 0.6 is 11.3 Å². The molecule has 2 aromatic rings. The van der Waals surface area contributed by atoms with Crippen molar-refractivity contribution in [2.24, 2.45) is 0 Å². The average molecular weight is 397 g/mol. The highest BCUT2D eigenvalue weighted by Crippen LogP contribution is 2.49. The van der Waals surface area contributed by atoms with Crippen LogP contribution in [0.3, 0.4) is 0 Å². The van der Waals surface area contributed by atoms with E-state index in [0.29, 0.717) is 0 Å². The topological polar surface area (TPSA) is 34.1 Å². The van der Waals surface area contributed by atoms with Gasteiger partial charge in [-0.1, -0.05) is 18.9 Å². The molecule has 3 nitrogen and oxygen atoms in total. The predicted octanol–water partition coefficient (Wildman–Crippen LogP) is 5.17.